The van der Waals surface area contributed by atoms with Crippen LogP contribution in [0.1, 0.15) is 0 Å². The number of nitrogens with one attached hydrogen (secondary N) is 2. The lowest BCUT2D eigenvalue weighted by atomic mass is 10.0. The van der Waals surface area contributed by atoms with Crippen molar-refractivity contribution in [3.8, 4) is 16.9 Å². The Labute approximate surface area is 177 Å². The number of benzene rings is 3. The highest BCUT2D eigenvalue weighted by atomic mass is 19.4. The van der Waals surface area contributed by atoms with Crippen molar-refractivity contribution in [1.82, 2.24) is 5.16 Å². The fraction of sp³-hybridized carbons (Fsp3) is 0.0476. The van der Waals surface area contributed by atoms with E-state index in [9.17, 15) is 22.4 Å². The average Bonchev–Trinajstić information content (AvgIpc) is 3.10. The first-order chi connectivity index (χ1) is 15.2. The molecule has 11 heteroatoms. The van der Waals surface area contributed by atoms with Crippen molar-refractivity contribution >= 4 is 34.2 Å². The highest BCUT2D eigenvalue weighted by Crippen LogP contribution is 2.34. The summed E-state index contributed by atoms with van der Waals surface area (Å²) in [5, 5.41) is 8.85. The highest BCUT2D eigenvalue weighted by molar-refractivity contribution is 6.02. The molecule has 32 heavy (non-hydrogen) atoms. The SMILES string of the molecule is Nc1noc2cccc(-c3ccc(NC(=O)Nc4cccc(OC(F)(F)F)c4)c(F)c3)c12. The Balaban J connectivity index is 1.50. The van der Waals surface area contributed by atoms with E-state index in [0.29, 0.717) is 22.1 Å². The number of alkyl halides is 3. The van der Waals surface area contributed by atoms with E-state index in [1.54, 1.807) is 24.3 Å². The molecule has 0 aliphatic rings. The lowest BCUT2D eigenvalue weighted by Gasteiger charge is -2.12. The minimum Gasteiger partial charge on any atom is -0.406 e. The number of aromatic nitrogens is 1. The fourth-order valence-corrected chi connectivity index (χ4v) is 3.10. The standard InChI is InChI=1S/C21H14F4N4O3/c22-15-9-11(14-5-2-6-17-18(14)19(26)29-32-17)7-8-16(15)28-20(30)27-12-3-1-4-13(10-12)31-21(23,24)25/h1-10H,(H2,26,29)(H2,27,28,30). The maximum Gasteiger partial charge on any atom is 0.573 e. The van der Waals surface area contributed by atoms with Crippen LogP contribution in [0.4, 0.5) is 39.5 Å². The average molecular weight is 446 g/mol. The number of carbonyl (C=O) groups is 1. The molecule has 1 aromatic heterocycles. The minimum absolute atomic E-state index is 0.0240. The van der Waals surface area contributed by atoms with E-state index in [-0.39, 0.29) is 17.2 Å². The summed E-state index contributed by atoms with van der Waals surface area (Å²) in [6, 6.07) is 13.0. The molecule has 1 heterocycles. The molecule has 0 radical (unpaired) electrons. The first kappa shape index (κ1) is 21.0. The zero-order chi connectivity index (χ0) is 22.9. The van der Waals surface area contributed by atoms with Gasteiger partial charge in [0, 0.05) is 11.8 Å². The van der Waals surface area contributed by atoms with Gasteiger partial charge in [-0.15, -0.1) is 13.2 Å². The molecule has 0 unspecified atom stereocenters. The van der Waals surface area contributed by atoms with Gasteiger partial charge in [0.1, 0.15) is 11.6 Å². The Morgan fingerprint density at radius 3 is 2.56 bits per heavy atom. The van der Waals surface area contributed by atoms with Crippen molar-refractivity contribution in [3.05, 3.63) is 66.5 Å². The number of nitrogens with zero attached hydrogens (tertiary/aromatic N) is 1. The van der Waals surface area contributed by atoms with Crippen molar-refractivity contribution in [3.63, 3.8) is 0 Å². The number of nitrogen functional groups attached to an aromatic ring is 1. The summed E-state index contributed by atoms with van der Waals surface area (Å²) in [5.74, 6) is -1.08. The van der Waals surface area contributed by atoms with Gasteiger partial charge in [-0.3, -0.25) is 0 Å². The number of amides is 2. The molecular formula is C21H14F4N4O3. The van der Waals surface area contributed by atoms with Gasteiger partial charge in [0.2, 0.25) is 0 Å². The molecule has 3 aromatic carbocycles. The van der Waals surface area contributed by atoms with Crippen molar-refractivity contribution in [2.75, 3.05) is 16.4 Å². The lowest BCUT2D eigenvalue weighted by Crippen LogP contribution is -2.20. The third kappa shape index (κ3) is 4.56. The number of fused-ring (bicyclic) bond motifs is 1. The normalized spacial score (nSPS) is 11.4. The Hall–Kier alpha value is -4.28. The lowest BCUT2D eigenvalue weighted by molar-refractivity contribution is -0.274. The molecule has 0 aliphatic heterocycles. The number of ether oxygens (including phenoxy) is 1. The second-order valence-corrected chi connectivity index (χ2v) is 6.60. The van der Waals surface area contributed by atoms with Crippen LogP contribution in [-0.2, 0) is 0 Å². The van der Waals surface area contributed by atoms with Gasteiger partial charge in [-0.2, -0.15) is 0 Å². The zero-order valence-electron chi connectivity index (χ0n) is 16.0. The van der Waals surface area contributed by atoms with E-state index in [1.807, 2.05) is 0 Å². The Bertz CT molecular complexity index is 1300. The molecule has 0 fully saturated rings. The summed E-state index contributed by atoms with van der Waals surface area (Å²) in [6.07, 6.45) is -4.87. The molecule has 4 N–H and O–H groups in total. The van der Waals surface area contributed by atoms with Crippen LogP contribution in [0.2, 0.25) is 0 Å². The van der Waals surface area contributed by atoms with Gasteiger partial charge < -0.3 is 25.6 Å². The van der Waals surface area contributed by atoms with Gasteiger partial charge in [-0.05, 0) is 41.5 Å². The molecule has 0 atom stereocenters. The summed E-state index contributed by atoms with van der Waals surface area (Å²) in [4.78, 5) is 12.2. The number of urea groups is 1. The molecule has 0 spiro atoms. The second kappa shape index (κ2) is 8.10. The first-order valence-corrected chi connectivity index (χ1v) is 9.07. The quantitative estimate of drug-likeness (QED) is 0.346. The molecular weight excluding hydrogens is 432 g/mol. The predicted octanol–water partition coefficient (Wildman–Crippen LogP) is 5.76. The van der Waals surface area contributed by atoms with Crippen LogP contribution in [0.25, 0.3) is 22.1 Å². The highest BCUT2D eigenvalue weighted by Gasteiger charge is 2.31. The van der Waals surface area contributed by atoms with Gasteiger partial charge in [-0.1, -0.05) is 29.4 Å². The van der Waals surface area contributed by atoms with E-state index in [1.165, 1.54) is 24.3 Å². The van der Waals surface area contributed by atoms with Gasteiger partial charge in [-0.25, -0.2) is 9.18 Å². The van der Waals surface area contributed by atoms with E-state index < -0.39 is 24.0 Å². The van der Waals surface area contributed by atoms with E-state index in [0.717, 1.165) is 12.1 Å². The predicted molar refractivity (Wildman–Crippen MR) is 110 cm³/mol. The summed E-state index contributed by atoms with van der Waals surface area (Å²) in [5.41, 5.74) is 7.23. The zero-order valence-corrected chi connectivity index (χ0v) is 16.0. The molecule has 164 valence electrons. The third-order valence-corrected chi connectivity index (χ3v) is 4.38. The Morgan fingerprint density at radius 1 is 1.03 bits per heavy atom. The fourth-order valence-electron chi connectivity index (χ4n) is 3.10. The number of carbonyl (C=O) groups excluding carboxylic acids is 1. The van der Waals surface area contributed by atoms with Crippen LogP contribution in [-0.4, -0.2) is 17.6 Å². The number of hydrogen-bond acceptors (Lipinski definition) is 5. The Morgan fingerprint density at radius 2 is 1.81 bits per heavy atom. The number of nitrogens with two attached hydrogens (primary N) is 1. The van der Waals surface area contributed by atoms with Crippen LogP contribution in [0.3, 0.4) is 0 Å². The van der Waals surface area contributed by atoms with Crippen molar-refractivity contribution in [2.45, 2.75) is 6.36 Å². The Kier molecular flexibility index (Phi) is 5.31. The monoisotopic (exact) mass is 446 g/mol. The molecule has 0 aliphatic carbocycles. The van der Waals surface area contributed by atoms with Crippen molar-refractivity contribution < 1.29 is 31.6 Å². The number of anilines is 3. The number of rotatable bonds is 4. The van der Waals surface area contributed by atoms with Gasteiger partial charge in [0.25, 0.3) is 0 Å². The molecule has 4 rings (SSSR count). The van der Waals surface area contributed by atoms with E-state index in [2.05, 4.69) is 20.5 Å². The molecule has 0 saturated carbocycles. The summed E-state index contributed by atoms with van der Waals surface area (Å²) in [6.45, 7) is 0. The molecule has 0 saturated heterocycles. The minimum atomic E-state index is -4.87. The number of hydrogen-bond donors (Lipinski definition) is 3. The van der Waals surface area contributed by atoms with Crippen LogP contribution >= 0.6 is 0 Å². The van der Waals surface area contributed by atoms with Crippen LogP contribution in [0.15, 0.2) is 65.2 Å². The van der Waals surface area contributed by atoms with Crippen molar-refractivity contribution in [1.29, 1.82) is 0 Å². The molecule has 4 aromatic rings. The second-order valence-electron chi connectivity index (χ2n) is 6.60. The summed E-state index contributed by atoms with van der Waals surface area (Å²) < 4.78 is 60.6. The summed E-state index contributed by atoms with van der Waals surface area (Å²) in [7, 11) is 0. The van der Waals surface area contributed by atoms with Gasteiger partial charge >= 0.3 is 12.4 Å². The van der Waals surface area contributed by atoms with Crippen LogP contribution < -0.4 is 21.1 Å². The van der Waals surface area contributed by atoms with E-state index in [4.69, 9.17) is 10.3 Å². The topological polar surface area (TPSA) is 102 Å². The summed E-state index contributed by atoms with van der Waals surface area (Å²) >= 11 is 0. The van der Waals surface area contributed by atoms with Crippen LogP contribution in [0, 0.1) is 5.82 Å². The molecule has 7 nitrogen and oxygen atoms in total. The van der Waals surface area contributed by atoms with Gasteiger partial charge in [0.05, 0.1) is 11.1 Å². The van der Waals surface area contributed by atoms with Crippen LogP contribution in [0.5, 0.6) is 5.75 Å². The number of halogens is 4. The largest absolute Gasteiger partial charge is 0.573 e. The smallest absolute Gasteiger partial charge is 0.406 e. The first-order valence-electron chi connectivity index (χ1n) is 9.07. The molecule has 0 bridgehead atoms. The van der Waals surface area contributed by atoms with Crippen molar-refractivity contribution in [2.24, 2.45) is 0 Å². The maximum absolute atomic E-state index is 14.7. The third-order valence-electron chi connectivity index (χ3n) is 4.38. The van der Waals surface area contributed by atoms with Gasteiger partial charge in [0.15, 0.2) is 11.4 Å². The maximum atomic E-state index is 14.7. The molecule has 2 amide bonds. The van der Waals surface area contributed by atoms with E-state index >= 15 is 0 Å².